The Labute approximate surface area is 125 Å². The lowest BCUT2D eigenvalue weighted by Crippen LogP contribution is -2.34. The first-order valence-corrected chi connectivity index (χ1v) is 7.23. The molecule has 1 unspecified atom stereocenters. The zero-order chi connectivity index (χ0) is 15.2. The largest absolute Gasteiger partial charge is 0.395 e. The normalized spacial score (nSPS) is 12.4. The Kier molecular flexibility index (Phi) is 5.48. The van der Waals surface area contributed by atoms with Gasteiger partial charge < -0.3 is 10.4 Å². The second kappa shape index (κ2) is 7.34. The van der Waals surface area contributed by atoms with E-state index in [9.17, 15) is 9.50 Å². The molecule has 0 aliphatic carbocycles. The molecule has 1 atom stereocenters. The third kappa shape index (κ3) is 4.66. The highest BCUT2D eigenvalue weighted by Crippen LogP contribution is 2.12. The summed E-state index contributed by atoms with van der Waals surface area (Å²) in [6, 6.07) is 12.8. The summed E-state index contributed by atoms with van der Waals surface area (Å²) < 4.78 is 13.1. The third-order valence-electron chi connectivity index (χ3n) is 3.76. The predicted molar refractivity (Wildman–Crippen MR) is 83.7 cm³/mol. The van der Waals surface area contributed by atoms with Crippen molar-refractivity contribution in [2.24, 2.45) is 0 Å². The van der Waals surface area contributed by atoms with Gasteiger partial charge in [0.1, 0.15) is 5.82 Å². The number of aliphatic hydroxyl groups excluding tert-OH is 1. The van der Waals surface area contributed by atoms with E-state index in [0.717, 1.165) is 12.0 Å². The smallest absolute Gasteiger partial charge is 0.123 e. The lowest BCUT2D eigenvalue weighted by Gasteiger charge is -2.17. The molecule has 0 saturated heterocycles. The van der Waals surface area contributed by atoms with Gasteiger partial charge in [-0.05, 0) is 54.7 Å². The summed E-state index contributed by atoms with van der Waals surface area (Å²) in [6.45, 7) is 4.79. The highest BCUT2D eigenvalue weighted by molar-refractivity contribution is 5.30. The van der Waals surface area contributed by atoms with Crippen LogP contribution in [-0.2, 0) is 13.0 Å². The molecule has 0 aliphatic rings. The molecule has 0 bridgehead atoms. The predicted octanol–water partition coefficient (Wildman–Crippen LogP) is 3.14. The monoisotopic (exact) mass is 287 g/mol. The van der Waals surface area contributed by atoms with Crippen LogP contribution in [0.15, 0.2) is 42.5 Å². The van der Waals surface area contributed by atoms with Gasteiger partial charge >= 0.3 is 0 Å². The van der Waals surface area contributed by atoms with E-state index in [1.165, 1.54) is 28.8 Å². The molecule has 0 fully saturated rings. The molecule has 0 heterocycles. The van der Waals surface area contributed by atoms with Gasteiger partial charge in [0.25, 0.3) is 0 Å². The summed E-state index contributed by atoms with van der Waals surface area (Å²) in [4.78, 5) is 0. The van der Waals surface area contributed by atoms with Gasteiger partial charge in [-0.2, -0.15) is 0 Å². The minimum absolute atomic E-state index is 0.0321. The number of hydrogen-bond donors (Lipinski definition) is 2. The standard InChI is InChI=1S/C18H22FNO/c1-13-6-7-15(8-14(13)2)10-18(12-21)20-11-16-4-3-5-17(19)9-16/h3-9,18,20-21H,10-12H2,1-2H3. The molecule has 2 nitrogen and oxygen atoms in total. The van der Waals surface area contributed by atoms with Crippen LogP contribution in [0.3, 0.4) is 0 Å². The quantitative estimate of drug-likeness (QED) is 0.855. The molecule has 21 heavy (non-hydrogen) atoms. The van der Waals surface area contributed by atoms with Crippen molar-refractivity contribution in [2.45, 2.75) is 32.9 Å². The van der Waals surface area contributed by atoms with Crippen LogP contribution in [0.2, 0.25) is 0 Å². The van der Waals surface area contributed by atoms with Crippen LogP contribution >= 0.6 is 0 Å². The Morgan fingerprint density at radius 1 is 1.05 bits per heavy atom. The Morgan fingerprint density at radius 2 is 1.86 bits per heavy atom. The summed E-state index contributed by atoms with van der Waals surface area (Å²) in [5, 5.41) is 12.8. The second-order valence-electron chi connectivity index (χ2n) is 5.51. The maximum Gasteiger partial charge on any atom is 0.123 e. The van der Waals surface area contributed by atoms with Gasteiger partial charge in [-0.15, -0.1) is 0 Å². The van der Waals surface area contributed by atoms with Gasteiger partial charge in [-0.25, -0.2) is 4.39 Å². The minimum Gasteiger partial charge on any atom is -0.395 e. The first-order chi connectivity index (χ1) is 10.1. The van der Waals surface area contributed by atoms with Crippen LogP contribution in [0.25, 0.3) is 0 Å². The molecule has 2 N–H and O–H groups in total. The fraction of sp³-hybridized carbons (Fsp3) is 0.333. The number of halogens is 1. The molecule has 112 valence electrons. The van der Waals surface area contributed by atoms with Crippen LogP contribution in [0, 0.1) is 19.7 Å². The van der Waals surface area contributed by atoms with Crippen molar-refractivity contribution < 1.29 is 9.50 Å². The number of aryl methyl sites for hydroxylation is 2. The maximum absolute atomic E-state index is 13.1. The van der Waals surface area contributed by atoms with Crippen LogP contribution in [0.1, 0.15) is 22.3 Å². The van der Waals surface area contributed by atoms with Crippen LogP contribution in [-0.4, -0.2) is 17.8 Å². The second-order valence-corrected chi connectivity index (χ2v) is 5.51. The summed E-state index contributed by atoms with van der Waals surface area (Å²) in [7, 11) is 0. The van der Waals surface area contributed by atoms with E-state index >= 15 is 0 Å². The summed E-state index contributed by atoms with van der Waals surface area (Å²) in [6.07, 6.45) is 0.757. The number of rotatable bonds is 6. The summed E-state index contributed by atoms with van der Waals surface area (Å²) >= 11 is 0. The molecule has 0 aliphatic heterocycles. The topological polar surface area (TPSA) is 32.3 Å². The van der Waals surface area contributed by atoms with Crippen LogP contribution < -0.4 is 5.32 Å². The van der Waals surface area contributed by atoms with Crippen molar-refractivity contribution in [2.75, 3.05) is 6.61 Å². The van der Waals surface area contributed by atoms with Gasteiger partial charge in [-0.3, -0.25) is 0 Å². The summed E-state index contributed by atoms with van der Waals surface area (Å²) in [5.74, 6) is -0.232. The zero-order valence-corrected chi connectivity index (χ0v) is 12.6. The molecule has 0 spiro atoms. The van der Waals surface area contributed by atoms with E-state index in [1.807, 2.05) is 6.07 Å². The fourth-order valence-corrected chi connectivity index (χ4v) is 2.33. The Hall–Kier alpha value is -1.71. The van der Waals surface area contributed by atoms with Gasteiger partial charge in [0, 0.05) is 12.6 Å². The van der Waals surface area contributed by atoms with Crippen molar-refractivity contribution in [1.29, 1.82) is 0 Å². The molecular formula is C18H22FNO. The van der Waals surface area contributed by atoms with E-state index in [4.69, 9.17) is 0 Å². The molecule has 0 aromatic heterocycles. The van der Waals surface area contributed by atoms with E-state index in [0.29, 0.717) is 6.54 Å². The fourth-order valence-electron chi connectivity index (χ4n) is 2.33. The molecular weight excluding hydrogens is 265 g/mol. The van der Waals surface area contributed by atoms with Crippen LogP contribution in [0.5, 0.6) is 0 Å². The molecule has 0 saturated carbocycles. The van der Waals surface area contributed by atoms with Crippen molar-refractivity contribution >= 4 is 0 Å². The van der Waals surface area contributed by atoms with Gasteiger partial charge in [0.2, 0.25) is 0 Å². The zero-order valence-electron chi connectivity index (χ0n) is 12.6. The van der Waals surface area contributed by atoms with E-state index in [1.54, 1.807) is 6.07 Å². The van der Waals surface area contributed by atoms with Gasteiger partial charge in [0.05, 0.1) is 6.61 Å². The number of benzene rings is 2. The average molecular weight is 287 g/mol. The molecule has 0 radical (unpaired) electrons. The molecule has 2 rings (SSSR count). The van der Waals surface area contributed by atoms with E-state index < -0.39 is 0 Å². The average Bonchev–Trinajstić information content (AvgIpc) is 2.47. The highest BCUT2D eigenvalue weighted by atomic mass is 19.1. The Morgan fingerprint density at radius 3 is 2.52 bits per heavy atom. The highest BCUT2D eigenvalue weighted by Gasteiger charge is 2.09. The SMILES string of the molecule is Cc1ccc(CC(CO)NCc2cccc(F)c2)cc1C. The number of aliphatic hydroxyl groups is 1. The van der Waals surface area contributed by atoms with Crippen molar-refractivity contribution in [3.63, 3.8) is 0 Å². The first-order valence-electron chi connectivity index (χ1n) is 7.23. The molecule has 2 aromatic carbocycles. The summed E-state index contributed by atoms with van der Waals surface area (Å²) in [5.41, 5.74) is 4.61. The van der Waals surface area contributed by atoms with Crippen LogP contribution in [0.4, 0.5) is 4.39 Å². The first kappa shape index (κ1) is 15.7. The van der Waals surface area contributed by atoms with Crippen molar-refractivity contribution in [3.8, 4) is 0 Å². The molecule has 3 heteroatoms. The maximum atomic E-state index is 13.1. The van der Waals surface area contributed by atoms with Gasteiger partial charge in [0.15, 0.2) is 0 Å². The van der Waals surface area contributed by atoms with Gasteiger partial charge in [-0.1, -0.05) is 30.3 Å². The lowest BCUT2D eigenvalue weighted by atomic mass is 10.0. The molecule has 0 amide bonds. The van der Waals surface area contributed by atoms with Crippen molar-refractivity contribution in [1.82, 2.24) is 5.32 Å². The number of hydrogen-bond acceptors (Lipinski definition) is 2. The Balaban J connectivity index is 1.95. The van der Waals surface area contributed by atoms with E-state index in [2.05, 4.69) is 37.4 Å². The Bertz CT molecular complexity index is 598. The minimum atomic E-state index is -0.232. The molecule has 2 aromatic rings. The number of nitrogens with one attached hydrogen (secondary N) is 1. The van der Waals surface area contributed by atoms with Crippen molar-refractivity contribution in [3.05, 3.63) is 70.5 Å². The van der Waals surface area contributed by atoms with E-state index in [-0.39, 0.29) is 18.5 Å². The lowest BCUT2D eigenvalue weighted by molar-refractivity contribution is 0.240. The third-order valence-corrected chi connectivity index (χ3v) is 3.76.